The first-order valence-electron chi connectivity index (χ1n) is 7.23. The highest BCUT2D eigenvalue weighted by molar-refractivity contribution is 4.90. The summed E-state index contributed by atoms with van der Waals surface area (Å²) in [6.45, 7) is 6.56. The second-order valence-corrected chi connectivity index (χ2v) is 6.30. The van der Waals surface area contributed by atoms with Crippen molar-refractivity contribution in [3.05, 3.63) is 0 Å². The van der Waals surface area contributed by atoms with E-state index >= 15 is 0 Å². The largest absolute Gasteiger partial charge is 0.299 e. The zero-order valence-electron chi connectivity index (χ0n) is 11.8. The Kier molecular flexibility index (Phi) is 4.27. The normalized spacial score (nSPS) is 33.5. The van der Waals surface area contributed by atoms with Crippen LogP contribution in [-0.4, -0.2) is 54.0 Å². The average molecular weight is 260 g/mol. The van der Waals surface area contributed by atoms with Crippen molar-refractivity contribution in [1.29, 1.82) is 0 Å². The van der Waals surface area contributed by atoms with Crippen LogP contribution in [-0.2, 0) is 0 Å². The van der Waals surface area contributed by atoms with E-state index in [9.17, 15) is 8.78 Å². The highest BCUT2D eigenvalue weighted by Gasteiger charge is 2.40. The maximum Gasteiger partial charge on any atom is 0.249 e. The molecule has 1 saturated carbocycles. The predicted octanol–water partition coefficient (Wildman–Crippen LogP) is 2.98. The first kappa shape index (κ1) is 14.2. The van der Waals surface area contributed by atoms with E-state index in [1.165, 1.54) is 0 Å². The fraction of sp³-hybridized carbons (Fsp3) is 1.00. The summed E-state index contributed by atoms with van der Waals surface area (Å²) in [7, 11) is 2.04. The quantitative estimate of drug-likeness (QED) is 0.769. The molecule has 2 fully saturated rings. The molecular formula is C14H26F2N2. The first-order valence-corrected chi connectivity index (χ1v) is 7.23. The topological polar surface area (TPSA) is 6.48 Å². The van der Waals surface area contributed by atoms with E-state index < -0.39 is 5.92 Å². The molecule has 0 bridgehead atoms. The summed E-state index contributed by atoms with van der Waals surface area (Å²) in [6.07, 6.45) is 2.87. The van der Waals surface area contributed by atoms with Crippen molar-refractivity contribution >= 4 is 0 Å². The lowest BCUT2D eigenvalue weighted by molar-refractivity contribution is -0.0649. The van der Waals surface area contributed by atoms with Gasteiger partial charge in [0.2, 0.25) is 5.92 Å². The van der Waals surface area contributed by atoms with E-state index in [0.717, 1.165) is 25.9 Å². The van der Waals surface area contributed by atoms with E-state index in [-0.39, 0.29) is 18.9 Å². The minimum absolute atomic E-state index is 0.0572. The SMILES string of the molecule is CC(C)N1CC[C@H](N(C)[C@H]2CCCC(F)(F)C2)C1. The standard InChI is InChI=1S/C14H26F2N2/c1-11(2)18-8-6-13(10-18)17(3)12-5-4-7-14(15,16)9-12/h11-13H,4-10H2,1-3H3/t12-,13-/m0/s1. The number of likely N-dealkylation sites (N-methyl/N-ethyl adjacent to an activating group) is 1. The molecule has 2 aliphatic rings. The Morgan fingerprint density at radius 1 is 1.22 bits per heavy atom. The molecule has 18 heavy (non-hydrogen) atoms. The Labute approximate surface area is 109 Å². The van der Waals surface area contributed by atoms with Crippen molar-refractivity contribution in [1.82, 2.24) is 9.80 Å². The second kappa shape index (κ2) is 5.41. The highest BCUT2D eigenvalue weighted by Crippen LogP contribution is 2.36. The van der Waals surface area contributed by atoms with Gasteiger partial charge in [0.05, 0.1) is 0 Å². The molecule has 0 N–H and O–H groups in total. The van der Waals surface area contributed by atoms with E-state index in [2.05, 4.69) is 23.6 Å². The summed E-state index contributed by atoms with van der Waals surface area (Å²) >= 11 is 0. The van der Waals surface area contributed by atoms with Gasteiger partial charge >= 0.3 is 0 Å². The third kappa shape index (κ3) is 3.21. The van der Waals surface area contributed by atoms with Gasteiger partial charge in [0.25, 0.3) is 0 Å². The van der Waals surface area contributed by atoms with Gasteiger partial charge in [0.15, 0.2) is 0 Å². The summed E-state index contributed by atoms with van der Waals surface area (Å²) < 4.78 is 26.9. The van der Waals surface area contributed by atoms with Gasteiger partial charge in [0, 0.05) is 44.1 Å². The Morgan fingerprint density at radius 3 is 2.50 bits per heavy atom. The molecule has 0 radical (unpaired) electrons. The number of hydrogen-bond acceptors (Lipinski definition) is 2. The molecule has 1 aliphatic heterocycles. The van der Waals surface area contributed by atoms with Crippen molar-refractivity contribution in [3.8, 4) is 0 Å². The van der Waals surface area contributed by atoms with Gasteiger partial charge < -0.3 is 0 Å². The predicted molar refractivity (Wildman–Crippen MR) is 70.1 cm³/mol. The fourth-order valence-corrected chi connectivity index (χ4v) is 3.36. The highest BCUT2D eigenvalue weighted by atomic mass is 19.3. The molecule has 1 aliphatic carbocycles. The second-order valence-electron chi connectivity index (χ2n) is 6.30. The van der Waals surface area contributed by atoms with Crippen LogP contribution >= 0.6 is 0 Å². The molecule has 2 rings (SSSR count). The van der Waals surface area contributed by atoms with Gasteiger partial charge in [-0.1, -0.05) is 0 Å². The maximum absolute atomic E-state index is 13.5. The molecule has 0 aromatic carbocycles. The molecule has 1 heterocycles. The molecule has 0 unspecified atom stereocenters. The van der Waals surface area contributed by atoms with Crippen molar-refractivity contribution in [2.75, 3.05) is 20.1 Å². The molecule has 0 spiro atoms. The molecule has 0 amide bonds. The van der Waals surface area contributed by atoms with Crippen molar-refractivity contribution in [3.63, 3.8) is 0 Å². The van der Waals surface area contributed by atoms with Gasteiger partial charge in [-0.2, -0.15) is 0 Å². The van der Waals surface area contributed by atoms with E-state index in [1.807, 2.05) is 7.05 Å². The number of hydrogen-bond donors (Lipinski definition) is 0. The average Bonchev–Trinajstić information content (AvgIpc) is 2.76. The summed E-state index contributed by atoms with van der Waals surface area (Å²) in [5.41, 5.74) is 0. The zero-order chi connectivity index (χ0) is 13.3. The van der Waals surface area contributed by atoms with Gasteiger partial charge in [-0.15, -0.1) is 0 Å². The number of alkyl halides is 2. The summed E-state index contributed by atoms with van der Waals surface area (Å²) in [5, 5.41) is 0. The van der Waals surface area contributed by atoms with Crippen LogP contribution in [0.4, 0.5) is 8.78 Å². The van der Waals surface area contributed by atoms with Crippen LogP contribution in [0.1, 0.15) is 46.0 Å². The Hall–Kier alpha value is -0.220. The van der Waals surface area contributed by atoms with Crippen molar-refractivity contribution in [2.45, 2.75) is 70.0 Å². The fourth-order valence-electron chi connectivity index (χ4n) is 3.36. The minimum atomic E-state index is -2.44. The zero-order valence-corrected chi connectivity index (χ0v) is 11.8. The Bertz CT molecular complexity index is 281. The van der Waals surface area contributed by atoms with Crippen LogP contribution in [0.5, 0.6) is 0 Å². The number of rotatable bonds is 3. The lowest BCUT2D eigenvalue weighted by Crippen LogP contribution is -2.46. The lowest BCUT2D eigenvalue weighted by atomic mass is 9.90. The van der Waals surface area contributed by atoms with E-state index in [4.69, 9.17) is 0 Å². The molecule has 106 valence electrons. The van der Waals surface area contributed by atoms with E-state index in [0.29, 0.717) is 18.5 Å². The summed E-state index contributed by atoms with van der Waals surface area (Å²) in [5.74, 6) is -2.44. The summed E-state index contributed by atoms with van der Waals surface area (Å²) in [6, 6.07) is 1.10. The molecule has 1 saturated heterocycles. The molecule has 4 heteroatoms. The third-order valence-electron chi connectivity index (χ3n) is 4.69. The number of halogens is 2. The first-order chi connectivity index (χ1) is 8.39. The Balaban J connectivity index is 1.90. The molecular weight excluding hydrogens is 234 g/mol. The van der Waals surface area contributed by atoms with Crippen LogP contribution in [0.3, 0.4) is 0 Å². The van der Waals surface area contributed by atoms with Crippen LogP contribution in [0.2, 0.25) is 0 Å². The molecule has 0 aromatic heterocycles. The van der Waals surface area contributed by atoms with Crippen LogP contribution in [0, 0.1) is 0 Å². The smallest absolute Gasteiger partial charge is 0.249 e. The van der Waals surface area contributed by atoms with Gasteiger partial charge in [0.1, 0.15) is 0 Å². The number of nitrogens with zero attached hydrogens (tertiary/aromatic N) is 2. The van der Waals surface area contributed by atoms with Crippen LogP contribution in [0.25, 0.3) is 0 Å². The molecule has 0 aromatic rings. The van der Waals surface area contributed by atoms with Gasteiger partial charge in [-0.05, 0) is 40.2 Å². The van der Waals surface area contributed by atoms with Crippen LogP contribution in [0.15, 0.2) is 0 Å². The third-order valence-corrected chi connectivity index (χ3v) is 4.69. The lowest BCUT2D eigenvalue weighted by Gasteiger charge is -2.38. The maximum atomic E-state index is 13.5. The Morgan fingerprint density at radius 2 is 1.94 bits per heavy atom. The van der Waals surface area contributed by atoms with Crippen molar-refractivity contribution in [2.24, 2.45) is 0 Å². The minimum Gasteiger partial charge on any atom is -0.299 e. The van der Waals surface area contributed by atoms with Crippen molar-refractivity contribution < 1.29 is 8.78 Å². The van der Waals surface area contributed by atoms with Gasteiger partial charge in [-0.3, -0.25) is 9.80 Å². The van der Waals surface area contributed by atoms with Gasteiger partial charge in [-0.25, -0.2) is 8.78 Å². The molecule has 2 atom stereocenters. The summed E-state index contributed by atoms with van der Waals surface area (Å²) in [4.78, 5) is 4.68. The van der Waals surface area contributed by atoms with E-state index in [1.54, 1.807) is 0 Å². The molecule has 2 nitrogen and oxygen atoms in total. The monoisotopic (exact) mass is 260 g/mol. The van der Waals surface area contributed by atoms with Crippen LogP contribution < -0.4 is 0 Å². The number of likely N-dealkylation sites (tertiary alicyclic amines) is 1.